The number of halogens is 3. The summed E-state index contributed by atoms with van der Waals surface area (Å²) in [6, 6.07) is 4.91. The lowest BCUT2D eigenvalue weighted by Gasteiger charge is -2.36. The van der Waals surface area contributed by atoms with E-state index in [-0.39, 0.29) is 18.2 Å². The molecule has 0 atom stereocenters. The first-order valence-corrected chi connectivity index (χ1v) is 9.77. The van der Waals surface area contributed by atoms with Crippen LogP contribution in [0.4, 0.5) is 13.2 Å². The molecule has 5 nitrogen and oxygen atoms in total. The molecule has 0 spiro atoms. The van der Waals surface area contributed by atoms with E-state index in [4.69, 9.17) is 0 Å². The molecule has 0 aliphatic carbocycles. The van der Waals surface area contributed by atoms with Gasteiger partial charge in [-0.15, -0.1) is 0 Å². The summed E-state index contributed by atoms with van der Waals surface area (Å²) in [6.45, 7) is 4.22. The molecule has 2 heterocycles. The van der Waals surface area contributed by atoms with Gasteiger partial charge in [-0.2, -0.15) is 13.2 Å². The van der Waals surface area contributed by atoms with Gasteiger partial charge < -0.3 is 9.80 Å². The van der Waals surface area contributed by atoms with Crippen LogP contribution >= 0.6 is 0 Å². The monoisotopic (exact) mass is 397 g/mol. The topological polar surface area (TPSA) is 43.9 Å². The molecule has 0 aromatic heterocycles. The predicted octanol–water partition coefficient (Wildman–Crippen LogP) is 2.40. The second-order valence-electron chi connectivity index (χ2n) is 7.47. The van der Waals surface area contributed by atoms with Crippen molar-refractivity contribution >= 4 is 11.8 Å². The summed E-state index contributed by atoms with van der Waals surface area (Å²) >= 11 is 0. The van der Waals surface area contributed by atoms with Crippen molar-refractivity contribution in [2.45, 2.75) is 31.9 Å². The van der Waals surface area contributed by atoms with Gasteiger partial charge in [0.2, 0.25) is 11.8 Å². The fourth-order valence-electron chi connectivity index (χ4n) is 3.73. The summed E-state index contributed by atoms with van der Waals surface area (Å²) in [6.07, 6.45) is -1.16. The van der Waals surface area contributed by atoms with Crippen molar-refractivity contribution in [3.63, 3.8) is 0 Å². The van der Waals surface area contributed by atoms with E-state index in [1.807, 2.05) is 9.80 Å². The number of hydrogen-bond donors (Lipinski definition) is 0. The highest BCUT2D eigenvalue weighted by atomic mass is 19.4. The summed E-state index contributed by atoms with van der Waals surface area (Å²) in [7, 11) is 0. The van der Waals surface area contributed by atoms with Crippen LogP contribution in [0.25, 0.3) is 0 Å². The van der Waals surface area contributed by atoms with Gasteiger partial charge in [-0.1, -0.05) is 18.2 Å². The molecule has 0 N–H and O–H groups in total. The molecule has 0 saturated carbocycles. The number of amides is 2. The number of piperazine rings is 1. The van der Waals surface area contributed by atoms with Crippen molar-refractivity contribution < 1.29 is 22.8 Å². The number of hydrogen-bond acceptors (Lipinski definition) is 3. The van der Waals surface area contributed by atoms with Gasteiger partial charge in [-0.25, -0.2) is 0 Å². The fraction of sp³-hybridized carbons (Fsp3) is 0.600. The molecular weight excluding hydrogens is 371 g/mol. The number of benzene rings is 1. The number of carbonyl (C=O) groups is 2. The minimum absolute atomic E-state index is 0.0450. The predicted molar refractivity (Wildman–Crippen MR) is 98.6 cm³/mol. The Balaban J connectivity index is 1.47. The maximum Gasteiger partial charge on any atom is 0.416 e. The Kier molecular flexibility index (Phi) is 6.59. The first kappa shape index (κ1) is 20.6. The molecule has 154 valence electrons. The first-order valence-electron chi connectivity index (χ1n) is 9.77. The molecule has 2 saturated heterocycles. The number of likely N-dealkylation sites (tertiary alicyclic amines) is 1. The fourth-order valence-corrected chi connectivity index (χ4v) is 3.73. The van der Waals surface area contributed by atoms with Crippen molar-refractivity contribution in [3.05, 3.63) is 35.4 Å². The van der Waals surface area contributed by atoms with Gasteiger partial charge in [0.05, 0.1) is 18.5 Å². The molecule has 8 heteroatoms. The zero-order valence-electron chi connectivity index (χ0n) is 15.9. The molecule has 0 unspecified atom stereocenters. The molecule has 2 aliphatic rings. The van der Waals surface area contributed by atoms with E-state index in [9.17, 15) is 22.8 Å². The zero-order chi connectivity index (χ0) is 20.1. The molecule has 2 aliphatic heterocycles. The zero-order valence-corrected chi connectivity index (χ0v) is 15.9. The summed E-state index contributed by atoms with van der Waals surface area (Å²) in [4.78, 5) is 30.4. The highest BCUT2D eigenvalue weighted by Gasteiger charge is 2.31. The molecule has 2 amide bonds. The number of rotatable bonds is 4. The number of carbonyl (C=O) groups excluding carboxylic acids is 2. The number of piperidine rings is 1. The van der Waals surface area contributed by atoms with Crippen LogP contribution in [-0.4, -0.2) is 72.3 Å². The summed E-state index contributed by atoms with van der Waals surface area (Å²) in [5.41, 5.74) is -0.374. The molecule has 1 aromatic rings. The van der Waals surface area contributed by atoms with Crippen molar-refractivity contribution in [1.82, 2.24) is 14.7 Å². The van der Waals surface area contributed by atoms with Crippen LogP contribution in [0.1, 0.15) is 30.4 Å². The van der Waals surface area contributed by atoms with Gasteiger partial charge in [-0.05, 0) is 30.9 Å². The van der Waals surface area contributed by atoms with Gasteiger partial charge in [0, 0.05) is 39.3 Å². The van der Waals surface area contributed by atoms with E-state index in [1.165, 1.54) is 12.5 Å². The van der Waals surface area contributed by atoms with Crippen molar-refractivity contribution in [2.75, 3.05) is 45.8 Å². The summed E-state index contributed by atoms with van der Waals surface area (Å²) < 4.78 is 38.4. The highest BCUT2D eigenvalue weighted by molar-refractivity contribution is 5.79. The van der Waals surface area contributed by atoms with Crippen LogP contribution in [0.15, 0.2) is 24.3 Å². The number of nitrogens with zero attached hydrogens (tertiary/aromatic N) is 3. The van der Waals surface area contributed by atoms with E-state index in [1.54, 1.807) is 11.0 Å². The Morgan fingerprint density at radius 3 is 2.14 bits per heavy atom. The second-order valence-corrected chi connectivity index (χ2v) is 7.47. The highest BCUT2D eigenvalue weighted by Crippen LogP contribution is 2.29. The van der Waals surface area contributed by atoms with E-state index in [0.717, 1.165) is 38.1 Å². The van der Waals surface area contributed by atoms with Crippen molar-refractivity contribution in [3.8, 4) is 0 Å². The van der Waals surface area contributed by atoms with Gasteiger partial charge >= 0.3 is 6.18 Å². The lowest BCUT2D eigenvalue weighted by Crippen LogP contribution is -2.52. The smallest absolute Gasteiger partial charge is 0.342 e. The summed E-state index contributed by atoms with van der Waals surface area (Å²) in [5.74, 6) is -0.0372. The molecule has 0 bridgehead atoms. The van der Waals surface area contributed by atoms with Crippen molar-refractivity contribution in [1.29, 1.82) is 0 Å². The standard InChI is InChI=1S/C20H26F3N3O2/c21-20(22,23)17-6-4-5-16(13-17)14-18(27)26-11-9-24(10-12-26)15-19(28)25-7-2-1-3-8-25/h4-6,13H,1-3,7-12,14-15H2. The number of alkyl halides is 3. The van der Waals surface area contributed by atoms with Crippen LogP contribution < -0.4 is 0 Å². The van der Waals surface area contributed by atoms with E-state index in [2.05, 4.69) is 0 Å². The van der Waals surface area contributed by atoms with Gasteiger partial charge in [-0.3, -0.25) is 14.5 Å². The maximum absolute atomic E-state index is 12.8. The van der Waals surface area contributed by atoms with E-state index >= 15 is 0 Å². The molecule has 28 heavy (non-hydrogen) atoms. The second kappa shape index (κ2) is 8.94. The molecular formula is C20H26F3N3O2. The van der Waals surface area contributed by atoms with Gasteiger partial charge in [0.1, 0.15) is 0 Å². The van der Waals surface area contributed by atoms with Gasteiger partial charge in [0.15, 0.2) is 0 Å². The normalized spacial score (nSPS) is 19.0. The van der Waals surface area contributed by atoms with Crippen LogP contribution in [0, 0.1) is 0 Å². The summed E-state index contributed by atoms with van der Waals surface area (Å²) in [5, 5.41) is 0. The molecule has 0 radical (unpaired) electrons. The third-order valence-corrected chi connectivity index (χ3v) is 5.40. The first-order chi connectivity index (χ1) is 13.3. The molecule has 3 rings (SSSR count). The maximum atomic E-state index is 12.8. The third-order valence-electron chi connectivity index (χ3n) is 5.40. The largest absolute Gasteiger partial charge is 0.416 e. The lowest BCUT2D eigenvalue weighted by molar-refractivity contribution is -0.138. The minimum atomic E-state index is -4.41. The Hall–Kier alpha value is -2.09. The third kappa shape index (κ3) is 5.47. The van der Waals surface area contributed by atoms with Crippen molar-refractivity contribution in [2.24, 2.45) is 0 Å². The minimum Gasteiger partial charge on any atom is -0.342 e. The Morgan fingerprint density at radius 1 is 0.857 bits per heavy atom. The van der Waals surface area contributed by atoms with Crippen LogP contribution in [0.5, 0.6) is 0 Å². The quantitative estimate of drug-likeness (QED) is 0.784. The Bertz CT molecular complexity index is 694. The average molecular weight is 397 g/mol. The van der Waals surface area contributed by atoms with Crippen LogP contribution in [0.2, 0.25) is 0 Å². The molecule has 2 fully saturated rings. The van der Waals surface area contributed by atoms with Crippen LogP contribution in [-0.2, 0) is 22.2 Å². The van der Waals surface area contributed by atoms with E-state index in [0.29, 0.717) is 38.3 Å². The van der Waals surface area contributed by atoms with Crippen LogP contribution in [0.3, 0.4) is 0 Å². The lowest BCUT2D eigenvalue weighted by atomic mass is 10.1. The SMILES string of the molecule is O=C(Cc1cccc(C(F)(F)F)c1)N1CCN(CC(=O)N2CCCCC2)CC1. The Labute approximate surface area is 163 Å². The van der Waals surface area contributed by atoms with E-state index < -0.39 is 11.7 Å². The van der Waals surface area contributed by atoms with Gasteiger partial charge in [0.25, 0.3) is 0 Å². The molecule has 1 aromatic carbocycles. The average Bonchev–Trinajstić information content (AvgIpc) is 2.69. The Morgan fingerprint density at radius 2 is 1.50 bits per heavy atom.